The number of hydrogen-bond donors (Lipinski definition) is 1. The molecule has 2 aromatic heterocycles. The topological polar surface area (TPSA) is 81.9 Å². The third-order valence-electron chi connectivity index (χ3n) is 5.17. The Labute approximate surface area is 177 Å². The van der Waals surface area contributed by atoms with Crippen LogP contribution in [0, 0.1) is 5.82 Å². The maximum Gasteiger partial charge on any atom is 0.272 e. The van der Waals surface area contributed by atoms with Gasteiger partial charge in [-0.25, -0.2) is 9.37 Å². The fourth-order valence-electron chi connectivity index (χ4n) is 3.70. The molecule has 1 unspecified atom stereocenters. The predicted molar refractivity (Wildman–Crippen MR) is 111 cm³/mol. The number of aryl methyl sites for hydroxylation is 1. The summed E-state index contributed by atoms with van der Waals surface area (Å²) in [6.45, 7) is 0. The SMILES string of the molecule is O=C(NC1CCc2ccccc2-n2ccnc21)c1cc(Oc2ccccc2F)cnn1. The van der Waals surface area contributed by atoms with Crippen LogP contribution in [0.15, 0.2) is 73.2 Å². The Kier molecular flexibility index (Phi) is 4.87. The van der Waals surface area contributed by atoms with Crippen LogP contribution in [0.2, 0.25) is 0 Å². The second-order valence-corrected chi connectivity index (χ2v) is 7.16. The van der Waals surface area contributed by atoms with Crippen LogP contribution < -0.4 is 10.1 Å². The van der Waals surface area contributed by atoms with Crippen molar-refractivity contribution in [3.8, 4) is 17.2 Å². The standard InChI is InChI=1S/C23H18FN5O2/c24-17-6-2-4-8-21(17)31-16-13-19(28-26-14-16)23(30)27-18-10-9-15-5-1-3-7-20(15)29-12-11-25-22(18)29/h1-8,11-14,18H,9-10H2,(H,27,30). The van der Waals surface area contributed by atoms with E-state index < -0.39 is 11.7 Å². The van der Waals surface area contributed by atoms with E-state index in [0.29, 0.717) is 6.42 Å². The average Bonchev–Trinajstić information content (AvgIpc) is 3.23. The van der Waals surface area contributed by atoms with Crippen LogP contribution in [-0.2, 0) is 6.42 Å². The Balaban J connectivity index is 1.37. The number of aromatic nitrogens is 4. The molecule has 4 aromatic rings. The summed E-state index contributed by atoms with van der Waals surface area (Å²) in [5.74, 6) is 0.114. The summed E-state index contributed by atoms with van der Waals surface area (Å²) < 4.78 is 21.4. The van der Waals surface area contributed by atoms with Gasteiger partial charge in [0.05, 0.1) is 12.2 Å². The van der Waals surface area contributed by atoms with Crippen LogP contribution >= 0.6 is 0 Å². The number of ether oxygens (including phenoxy) is 1. The van der Waals surface area contributed by atoms with E-state index in [1.54, 1.807) is 18.3 Å². The molecule has 8 heteroatoms. The van der Waals surface area contributed by atoms with E-state index in [4.69, 9.17) is 4.74 Å². The molecule has 5 rings (SSSR count). The summed E-state index contributed by atoms with van der Waals surface area (Å²) in [5, 5.41) is 10.7. The van der Waals surface area contributed by atoms with Crippen molar-refractivity contribution in [2.45, 2.75) is 18.9 Å². The molecule has 1 aliphatic rings. The highest BCUT2D eigenvalue weighted by Crippen LogP contribution is 2.29. The quantitative estimate of drug-likeness (QED) is 0.545. The average molecular weight is 415 g/mol. The predicted octanol–water partition coefficient (Wildman–Crippen LogP) is 4.01. The van der Waals surface area contributed by atoms with Crippen molar-refractivity contribution in [3.05, 3.63) is 96.1 Å². The largest absolute Gasteiger partial charge is 0.453 e. The van der Waals surface area contributed by atoms with E-state index in [-0.39, 0.29) is 23.2 Å². The number of hydrogen-bond acceptors (Lipinski definition) is 5. The van der Waals surface area contributed by atoms with Gasteiger partial charge in [0.2, 0.25) is 0 Å². The van der Waals surface area contributed by atoms with Gasteiger partial charge in [0.1, 0.15) is 11.6 Å². The maximum absolute atomic E-state index is 13.9. The lowest BCUT2D eigenvalue weighted by Gasteiger charge is -2.16. The van der Waals surface area contributed by atoms with Gasteiger partial charge >= 0.3 is 0 Å². The minimum atomic E-state index is -0.504. The second kappa shape index (κ2) is 7.98. The Morgan fingerprint density at radius 1 is 1.16 bits per heavy atom. The fourth-order valence-corrected chi connectivity index (χ4v) is 3.70. The zero-order valence-corrected chi connectivity index (χ0v) is 16.4. The number of carbonyl (C=O) groups excluding carboxylic acids is 1. The van der Waals surface area contributed by atoms with E-state index in [0.717, 1.165) is 17.9 Å². The van der Waals surface area contributed by atoms with Crippen LogP contribution in [0.25, 0.3) is 5.69 Å². The van der Waals surface area contributed by atoms with Crippen LogP contribution in [0.4, 0.5) is 4.39 Å². The maximum atomic E-state index is 13.9. The summed E-state index contributed by atoms with van der Waals surface area (Å²) in [6, 6.07) is 15.3. The monoisotopic (exact) mass is 415 g/mol. The van der Waals surface area contributed by atoms with E-state index in [1.165, 1.54) is 30.0 Å². The van der Waals surface area contributed by atoms with Gasteiger partial charge in [-0.1, -0.05) is 30.3 Å². The lowest BCUT2D eigenvalue weighted by molar-refractivity contribution is 0.0926. The molecular formula is C23H18FN5O2. The van der Waals surface area contributed by atoms with Gasteiger partial charge in [0.25, 0.3) is 5.91 Å². The molecule has 0 aliphatic carbocycles. The van der Waals surface area contributed by atoms with Crippen molar-refractivity contribution in [2.24, 2.45) is 0 Å². The molecule has 1 atom stereocenters. The minimum absolute atomic E-state index is 0.0467. The Bertz CT molecular complexity index is 1260. The first-order valence-electron chi connectivity index (χ1n) is 9.86. The first-order valence-corrected chi connectivity index (χ1v) is 9.86. The number of nitrogens with one attached hydrogen (secondary N) is 1. The number of amides is 1. The van der Waals surface area contributed by atoms with E-state index >= 15 is 0 Å². The highest BCUT2D eigenvalue weighted by molar-refractivity contribution is 5.92. The number of halogens is 1. The van der Waals surface area contributed by atoms with Crippen molar-refractivity contribution in [1.82, 2.24) is 25.1 Å². The number of benzene rings is 2. The number of para-hydroxylation sites is 2. The van der Waals surface area contributed by atoms with Gasteiger partial charge in [-0.2, -0.15) is 5.10 Å². The molecule has 0 bridgehead atoms. The van der Waals surface area contributed by atoms with Gasteiger partial charge in [0.15, 0.2) is 17.3 Å². The van der Waals surface area contributed by atoms with Crippen molar-refractivity contribution < 1.29 is 13.9 Å². The molecule has 154 valence electrons. The highest BCUT2D eigenvalue weighted by atomic mass is 19.1. The van der Waals surface area contributed by atoms with Gasteiger partial charge < -0.3 is 14.6 Å². The van der Waals surface area contributed by atoms with Crippen molar-refractivity contribution in [2.75, 3.05) is 0 Å². The Hall–Kier alpha value is -4.07. The Morgan fingerprint density at radius 3 is 2.90 bits per heavy atom. The molecule has 2 aromatic carbocycles. The van der Waals surface area contributed by atoms with Crippen molar-refractivity contribution in [1.29, 1.82) is 0 Å². The lowest BCUT2D eigenvalue weighted by atomic mass is 10.1. The van der Waals surface area contributed by atoms with Crippen LogP contribution in [0.5, 0.6) is 11.5 Å². The fraction of sp³-hybridized carbons (Fsp3) is 0.130. The summed E-state index contributed by atoms with van der Waals surface area (Å²) in [7, 11) is 0. The first-order chi connectivity index (χ1) is 15.2. The van der Waals surface area contributed by atoms with Gasteiger partial charge in [-0.05, 0) is 36.6 Å². The van der Waals surface area contributed by atoms with Crippen molar-refractivity contribution in [3.63, 3.8) is 0 Å². The molecule has 1 N–H and O–H groups in total. The number of imidazole rings is 1. The van der Waals surface area contributed by atoms with Crippen LogP contribution in [0.3, 0.4) is 0 Å². The molecule has 3 heterocycles. The third kappa shape index (κ3) is 3.75. The summed E-state index contributed by atoms with van der Waals surface area (Å²) in [4.78, 5) is 17.4. The number of rotatable bonds is 4. The van der Waals surface area contributed by atoms with Gasteiger partial charge in [-0.15, -0.1) is 5.10 Å². The lowest BCUT2D eigenvalue weighted by Crippen LogP contribution is -2.30. The third-order valence-corrected chi connectivity index (χ3v) is 5.17. The number of carbonyl (C=O) groups is 1. The summed E-state index contributed by atoms with van der Waals surface area (Å²) in [5.41, 5.74) is 2.33. The van der Waals surface area contributed by atoms with Gasteiger partial charge in [-0.3, -0.25) is 4.79 Å². The molecular weight excluding hydrogens is 397 g/mol. The zero-order valence-electron chi connectivity index (χ0n) is 16.4. The van der Waals surface area contributed by atoms with Gasteiger partial charge in [0, 0.05) is 24.1 Å². The molecule has 7 nitrogen and oxygen atoms in total. The molecule has 0 spiro atoms. The summed E-state index contributed by atoms with van der Waals surface area (Å²) in [6.07, 6.45) is 6.43. The Morgan fingerprint density at radius 2 is 2.00 bits per heavy atom. The van der Waals surface area contributed by atoms with E-state index in [1.807, 2.05) is 29.0 Å². The molecule has 31 heavy (non-hydrogen) atoms. The number of nitrogens with zero attached hydrogens (tertiary/aromatic N) is 4. The smallest absolute Gasteiger partial charge is 0.272 e. The summed E-state index contributed by atoms with van der Waals surface area (Å²) >= 11 is 0. The van der Waals surface area contributed by atoms with E-state index in [9.17, 15) is 9.18 Å². The second-order valence-electron chi connectivity index (χ2n) is 7.16. The van der Waals surface area contributed by atoms with Crippen molar-refractivity contribution >= 4 is 5.91 Å². The molecule has 0 saturated carbocycles. The molecule has 0 radical (unpaired) electrons. The minimum Gasteiger partial charge on any atom is -0.453 e. The van der Waals surface area contributed by atoms with Crippen LogP contribution in [0.1, 0.15) is 34.3 Å². The normalized spacial score (nSPS) is 14.8. The molecule has 0 saturated heterocycles. The number of fused-ring (bicyclic) bond motifs is 3. The molecule has 1 amide bonds. The highest BCUT2D eigenvalue weighted by Gasteiger charge is 2.25. The first kappa shape index (κ1) is 18.9. The molecule has 1 aliphatic heterocycles. The van der Waals surface area contributed by atoms with E-state index in [2.05, 4.69) is 26.6 Å². The van der Waals surface area contributed by atoms with Crippen LogP contribution in [-0.4, -0.2) is 25.7 Å². The molecule has 0 fully saturated rings. The zero-order chi connectivity index (χ0) is 21.2.